The van der Waals surface area contributed by atoms with Crippen LogP contribution in [0.15, 0.2) is 138 Å². The van der Waals surface area contributed by atoms with Gasteiger partial charge in [-0.3, -0.25) is 4.98 Å². The molecule has 44 heavy (non-hydrogen) atoms. The fraction of sp³-hybridized carbons (Fsp3) is 0. The van der Waals surface area contributed by atoms with Gasteiger partial charge in [0.25, 0.3) is 0 Å². The molecule has 0 fully saturated rings. The molecule has 0 saturated heterocycles. The quantitative estimate of drug-likeness (QED) is 0.203. The van der Waals surface area contributed by atoms with E-state index in [2.05, 4.69) is 119 Å². The fourth-order valence-corrected chi connectivity index (χ4v) is 9.02. The molecule has 0 N–H and O–H groups in total. The molecule has 0 spiro atoms. The van der Waals surface area contributed by atoms with E-state index in [4.69, 9.17) is 4.42 Å². The molecule has 6 aromatic carbocycles. The molecular formula is C39H22N2OS2. The highest BCUT2D eigenvalue weighted by molar-refractivity contribution is 7.26. The van der Waals surface area contributed by atoms with E-state index in [1.807, 2.05) is 47.2 Å². The van der Waals surface area contributed by atoms with Crippen LogP contribution in [0.5, 0.6) is 0 Å². The lowest BCUT2D eigenvalue weighted by Crippen LogP contribution is -2.09. The first-order chi connectivity index (χ1) is 21.8. The van der Waals surface area contributed by atoms with Gasteiger partial charge in [0.1, 0.15) is 11.2 Å². The molecule has 4 aromatic heterocycles. The molecule has 0 bridgehead atoms. The van der Waals surface area contributed by atoms with Crippen LogP contribution in [-0.4, -0.2) is 4.98 Å². The van der Waals surface area contributed by atoms with Gasteiger partial charge in [-0.25, -0.2) is 0 Å². The number of fused-ring (bicyclic) bond motifs is 11. The summed E-state index contributed by atoms with van der Waals surface area (Å²) >= 11 is 3.69. The predicted octanol–water partition coefficient (Wildman–Crippen LogP) is 12.3. The number of aromatic nitrogens is 1. The lowest BCUT2D eigenvalue weighted by Gasteiger charge is -2.25. The number of furan rings is 1. The van der Waals surface area contributed by atoms with Crippen molar-refractivity contribution in [3.05, 3.63) is 134 Å². The maximum absolute atomic E-state index is 6.35. The summed E-state index contributed by atoms with van der Waals surface area (Å²) in [6, 6.07) is 43.8. The Morgan fingerprint density at radius 2 is 1.14 bits per heavy atom. The Hall–Kier alpha value is -5.23. The second kappa shape index (κ2) is 9.13. The standard InChI is InChI=1S/C39H22N2OS2/c1-3-7-33-28(5-1)29-13-10-24(19-34(29)42-33)41(25-11-14-31-30-6-2-4-8-35(30)43-37(31)20-25)26-12-15-32-38(21-26)44-36-16-9-23-22-40-18-17-27(23)39(32)36/h1-22H. The number of pyridine rings is 1. The summed E-state index contributed by atoms with van der Waals surface area (Å²) in [5.74, 6) is 0. The molecule has 0 aliphatic rings. The van der Waals surface area contributed by atoms with Crippen molar-refractivity contribution < 1.29 is 4.42 Å². The van der Waals surface area contributed by atoms with Gasteiger partial charge in [-0.15, -0.1) is 22.7 Å². The first-order valence-electron chi connectivity index (χ1n) is 14.6. The van der Waals surface area contributed by atoms with Crippen LogP contribution in [0.2, 0.25) is 0 Å². The van der Waals surface area contributed by atoms with Gasteiger partial charge in [-0.05, 0) is 66.0 Å². The van der Waals surface area contributed by atoms with E-state index in [0.717, 1.165) is 39.0 Å². The van der Waals surface area contributed by atoms with Gasteiger partial charge in [0, 0.05) is 92.0 Å². The SMILES string of the molecule is c1ccc2c(c1)oc1cc(N(c3ccc4c(c3)sc3ccccc34)c3ccc4c(c3)sc3ccc5cnccc5c34)ccc12. The van der Waals surface area contributed by atoms with Crippen molar-refractivity contribution in [3.8, 4) is 0 Å². The minimum Gasteiger partial charge on any atom is -0.456 e. The van der Waals surface area contributed by atoms with Crippen molar-refractivity contribution in [2.24, 2.45) is 0 Å². The zero-order chi connectivity index (χ0) is 28.8. The molecule has 0 aliphatic carbocycles. The second-order valence-corrected chi connectivity index (χ2v) is 13.4. The molecule has 10 aromatic rings. The van der Waals surface area contributed by atoms with Crippen molar-refractivity contribution >= 4 is 113 Å². The summed E-state index contributed by atoms with van der Waals surface area (Å²) in [6.07, 6.45) is 3.84. The van der Waals surface area contributed by atoms with Crippen LogP contribution in [-0.2, 0) is 0 Å². The van der Waals surface area contributed by atoms with E-state index < -0.39 is 0 Å². The van der Waals surface area contributed by atoms with Crippen LogP contribution >= 0.6 is 22.7 Å². The summed E-state index contributed by atoms with van der Waals surface area (Å²) in [7, 11) is 0. The van der Waals surface area contributed by atoms with E-state index in [1.165, 1.54) is 51.1 Å². The molecule has 3 nitrogen and oxygen atoms in total. The first-order valence-corrected chi connectivity index (χ1v) is 16.2. The first kappa shape index (κ1) is 24.2. The summed E-state index contributed by atoms with van der Waals surface area (Å²) in [5, 5.41) is 9.87. The summed E-state index contributed by atoms with van der Waals surface area (Å²) in [4.78, 5) is 6.71. The van der Waals surface area contributed by atoms with Crippen LogP contribution in [0.1, 0.15) is 0 Å². The minimum absolute atomic E-state index is 0.889. The zero-order valence-corrected chi connectivity index (χ0v) is 25.0. The van der Waals surface area contributed by atoms with E-state index >= 15 is 0 Å². The van der Waals surface area contributed by atoms with Gasteiger partial charge in [-0.1, -0.05) is 54.6 Å². The van der Waals surface area contributed by atoms with Crippen LogP contribution in [0.3, 0.4) is 0 Å². The second-order valence-electron chi connectivity index (χ2n) is 11.2. The molecule has 0 atom stereocenters. The lowest BCUT2D eigenvalue weighted by atomic mass is 10.0. The van der Waals surface area contributed by atoms with Crippen LogP contribution in [0.25, 0.3) is 73.1 Å². The Bertz CT molecular complexity index is 2640. The summed E-state index contributed by atoms with van der Waals surface area (Å²) in [5.41, 5.74) is 5.10. The van der Waals surface area contributed by atoms with Crippen LogP contribution in [0.4, 0.5) is 17.1 Å². The number of hydrogen-bond acceptors (Lipinski definition) is 5. The minimum atomic E-state index is 0.889. The van der Waals surface area contributed by atoms with Crippen molar-refractivity contribution in [2.75, 3.05) is 4.90 Å². The number of rotatable bonds is 3. The molecule has 4 heterocycles. The monoisotopic (exact) mass is 598 g/mol. The topological polar surface area (TPSA) is 29.3 Å². The van der Waals surface area contributed by atoms with Gasteiger partial charge in [0.05, 0.1) is 0 Å². The largest absolute Gasteiger partial charge is 0.456 e. The molecular weight excluding hydrogens is 577 g/mol. The molecule has 206 valence electrons. The van der Waals surface area contributed by atoms with Crippen LogP contribution in [0, 0.1) is 0 Å². The Balaban J connectivity index is 1.21. The number of para-hydroxylation sites is 1. The molecule has 0 radical (unpaired) electrons. The third-order valence-corrected chi connectivity index (χ3v) is 11.0. The van der Waals surface area contributed by atoms with Gasteiger partial charge in [0.15, 0.2) is 0 Å². The Morgan fingerprint density at radius 1 is 0.477 bits per heavy atom. The van der Waals surface area contributed by atoms with Gasteiger partial charge < -0.3 is 9.32 Å². The van der Waals surface area contributed by atoms with E-state index in [-0.39, 0.29) is 0 Å². The predicted molar refractivity (Wildman–Crippen MR) is 189 cm³/mol. The lowest BCUT2D eigenvalue weighted by molar-refractivity contribution is 0.669. The smallest absolute Gasteiger partial charge is 0.137 e. The Kier molecular flexibility index (Phi) is 5.03. The summed E-state index contributed by atoms with van der Waals surface area (Å²) in [6.45, 7) is 0. The number of thiophene rings is 2. The molecule has 0 amide bonds. The highest BCUT2D eigenvalue weighted by Crippen LogP contribution is 2.45. The van der Waals surface area contributed by atoms with Crippen molar-refractivity contribution in [3.63, 3.8) is 0 Å². The highest BCUT2D eigenvalue weighted by Gasteiger charge is 2.19. The molecule has 5 heteroatoms. The van der Waals surface area contributed by atoms with Crippen LogP contribution < -0.4 is 4.90 Å². The van der Waals surface area contributed by atoms with Crippen molar-refractivity contribution in [2.45, 2.75) is 0 Å². The van der Waals surface area contributed by atoms with Gasteiger partial charge in [-0.2, -0.15) is 0 Å². The Labute approximate surface area is 259 Å². The third kappa shape index (κ3) is 3.51. The average molecular weight is 599 g/mol. The number of nitrogens with zero attached hydrogens (tertiary/aromatic N) is 2. The van der Waals surface area contributed by atoms with Crippen molar-refractivity contribution in [1.29, 1.82) is 0 Å². The zero-order valence-electron chi connectivity index (χ0n) is 23.3. The normalized spacial score (nSPS) is 12.1. The number of anilines is 3. The molecule has 0 aliphatic heterocycles. The Morgan fingerprint density at radius 3 is 2.02 bits per heavy atom. The maximum Gasteiger partial charge on any atom is 0.137 e. The number of benzene rings is 6. The van der Waals surface area contributed by atoms with Crippen molar-refractivity contribution in [1.82, 2.24) is 4.98 Å². The van der Waals surface area contributed by atoms with Gasteiger partial charge in [0.2, 0.25) is 0 Å². The fourth-order valence-electron chi connectivity index (χ4n) is 6.73. The van der Waals surface area contributed by atoms with E-state index in [0.29, 0.717) is 0 Å². The maximum atomic E-state index is 6.35. The molecule has 10 rings (SSSR count). The van der Waals surface area contributed by atoms with Gasteiger partial charge >= 0.3 is 0 Å². The number of hydrogen-bond donors (Lipinski definition) is 0. The summed E-state index contributed by atoms with van der Waals surface area (Å²) < 4.78 is 11.5. The van der Waals surface area contributed by atoms with E-state index in [1.54, 1.807) is 0 Å². The molecule has 0 saturated carbocycles. The van der Waals surface area contributed by atoms with E-state index in [9.17, 15) is 0 Å². The average Bonchev–Trinajstić information content (AvgIpc) is 3.75. The molecule has 0 unspecified atom stereocenters. The third-order valence-electron chi connectivity index (χ3n) is 8.74. The highest BCUT2D eigenvalue weighted by atomic mass is 32.1.